The zero-order valence-corrected chi connectivity index (χ0v) is 24.1. The van der Waals surface area contributed by atoms with Gasteiger partial charge in [-0.25, -0.2) is 16.8 Å². The molecule has 0 bridgehead atoms. The van der Waals surface area contributed by atoms with Crippen LogP contribution in [0.4, 0.5) is 5.69 Å². The highest BCUT2D eigenvalue weighted by Crippen LogP contribution is 2.26. The molecular weight excluding hydrogens is 610 g/mol. The molecule has 1 saturated heterocycles. The maximum absolute atomic E-state index is 13.3. The molecule has 1 amide bonds. The van der Waals surface area contributed by atoms with Crippen LogP contribution in [-0.2, 0) is 29.6 Å². The molecule has 39 heavy (non-hydrogen) atoms. The van der Waals surface area contributed by atoms with Gasteiger partial charge in [0.2, 0.25) is 15.9 Å². The molecular formula is C26H28BrN3O7S2. The number of hydrogen-bond acceptors (Lipinski definition) is 7. The van der Waals surface area contributed by atoms with E-state index in [9.17, 15) is 21.6 Å². The molecule has 0 unspecified atom stereocenters. The molecule has 1 N–H and O–H groups in total. The van der Waals surface area contributed by atoms with Gasteiger partial charge in [0, 0.05) is 17.6 Å². The van der Waals surface area contributed by atoms with Gasteiger partial charge in [0.05, 0.1) is 35.2 Å². The SMILES string of the molecule is O=C(CN(c1cccc(Br)c1)S(=O)(=O)c1ccccc1)NCCOc1ccc(S(=O)(=O)N2CCOCC2)cc1. The molecule has 1 fully saturated rings. The van der Waals surface area contributed by atoms with Crippen molar-refractivity contribution in [2.24, 2.45) is 0 Å². The van der Waals surface area contributed by atoms with Crippen molar-refractivity contribution in [2.75, 3.05) is 50.3 Å². The minimum Gasteiger partial charge on any atom is -0.492 e. The summed E-state index contributed by atoms with van der Waals surface area (Å²) in [5, 5.41) is 2.67. The van der Waals surface area contributed by atoms with Crippen LogP contribution in [0, 0.1) is 0 Å². The summed E-state index contributed by atoms with van der Waals surface area (Å²) in [6.45, 7) is 1.14. The lowest BCUT2D eigenvalue weighted by Crippen LogP contribution is -2.41. The number of hydrogen-bond donors (Lipinski definition) is 1. The molecule has 3 aromatic rings. The monoisotopic (exact) mass is 637 g/mol. The van der Waals surface area contributed by atoms with Crippen molar-refractivity contribution in [3.63, 3.8) is 0 Å². The van der Waals surface area contributed by atoms with Crippen molar-refractivity contribution in [3.05, 3.63) is 83.3 Å². The summed E-state index contributed by atoms with van der Waals surface area (Å²) in [6, 6.07) is 20.7. The molecule has 13 heteroatoms. The van der Waals surface area contributed by atoms with Gasteiger partial charge < -0.3 is 14.8 Å². The van der Waals surface area contributed by atoms with Gasteiger partial charge in [-0.15, -0.1) is 0 Å². The van der Waals surface area contributed by atoms with Crippen molar-refractivity contribution in [1.82, 2.24) is 9.62 Å². The third kappa shape index (κ3) is 7.37. The number of nitrogens with zero attached hydrogens (tertiary/aromatic N) is 2. The van der Waals surface area contributed by atoms with Crippen molar-refractivity contribution in [1.29, 1.82) is 0 Å². The Kier molecular flexibility index (Phi) is 9.62. The fraction of sp³-hybridized carbons (Fsp3) is 0.269. The van der Waals surface area contributed by atoms with Gasteiger partial charge in [0.15, 0.2) is 0 Å². The van der Waals surface area contributed by atoms with E-state index in [2.05, 4.69) is 21.2 Å². The van der Waals surface area contributed by atoms with Gasteiger partial charge in [-0.1, -0.05) is 40.2 Å². The number of rotatable bonds is 11. The number of ether oxygens (including phenoxy) is 2. The zero-order valence-electron chi connectivity index (χ0n) is 20.9. The van der Waals surface area contributed by atoms with Gasteiger partial charge in [-0.05, 0) is 54.6 Å². The standard InChI is InChI=1S/C26H28BrN3O7S2/c27-21-5-4-6-22(19-21)30(39(34,35)24-7-2-1-3-8-24)20-26(31)28-13-16-37-23-9-11-25(12-10-23)38(32,33)29-14-17-36-18-15-29/h1-12,19H,13-18,20H2,(H,28,31). The van der Waals surface area contributed by atoms with E-state index in [0.29, 0.717) is 42.2 Å². The molecule has 10 nitrogen and oxygen atoms in total. The highest BCUT2D eigenvalue weighted by Gasteiger charge is 2.28. The number of morpholine rings is 1. The number of carbonyl (C=O) groups is 1. The maximum Gasteiger partial charge on any atom is 0.264 e. The third-order valence-electron chi connectivity index (χ3n) is 5.84. The minimum atomic E-state index is -4.00. The molecule has 1 heterocycles. The second-order valence-electron chi connectivity index (χ2n) is 8.49. The van der Waals surface area contributed by atoms with Crippen LogP contribution in [0.15, 0.2) is 93.1 Å². The van der Waals surface area contributed by atoms with E-state index in [1.807, 2.05) is 0 Å². The Bertz CT molecular complexity index is 1480. The van der Waals surface area contributed by atoms with Crippen LogP contribution in [-0.4, -0.2) is 73.0 Å². The lowest BCUT2D eigenvalue weighted by molar-refractivity contribution is -0.119. The van der Waals surface area contributed by atoms with Crippen LogP contribution in [0.25, 0.3) is 0 Å². The van der Waals surface area contributed by atoms with Crippen molar-refractivity contribution in [2.45, 2.75) is 9.79 Å². The van der Waals surface area contributed by atoms with Gasteiger partial charge >= 0.3 is 0 Å². The lowest BCUT2D eigenvalue weighted by Gasteiger charge is -2.26. The number of nitrogens with one attached hydrogen (secondary N) is 1. The van der Waals surface area contributed by atoms with Crippen LogP contribution < -0.4 is 14.4 Å². The molecule has 0 radical (unpaired) electrons. The number of anilines is 1. The summed E-state index contributed by atoms with van der Waals surface area (Å²) >= 11 is 3.35. The molecule has 208 valence electrons. The van der Waals surface area contributed by atoms with Gasteiger partial charge in [0.25, 0.3) is 10.0 Å². The highest BCUT2D eigenvalue weighted by atomic mass is 79.9. The van der Waals surface area contributed by atoms with Gasteiger partial charge in [-0.3, -0.25) is 9.10 Å². The molecule has 0 aliphatic carbocycles. The maximum atomic E-state index is 13.3. The van der Waals surface area contributed by atoms with Crippen LogP contribution in [0.5, 0.6) is 5.75 Å². The van der Waals surface area contributed by atoms with Crippen LogP contribution in [0.3, 0.4) is 0 Å². The first-order valence-corrected chi connectivity index (χ1v) is 15.8. The molecule has 4 rings (SSSR count). The Morgan fingerprint density at radius 2 is 1.62 bits per heavy atom. The number of sulfonamides is 2. The molecule has 0 aromatic heterocycles. The normalized spacial score (nSPS) is 14.5. The largest absolute Gasteiger partial charge is 0.492 e. The second-order valence-corrected chi connectivity index (χ2v) is 13.2. The van der Waals surface area contributed by atoms with Crippen LogP contribution in [0.2, 0.25) is 0 Å². The van der Waals surface area contributed by atoms with E-state index < -0.39 is 32.5 Å². The summed E-state index contributed by atoms with van der Waals surface area (Å²) in [5.41, 5.74) is 0.340. The van der Waals surface area contributed by atoms with Crippen molar-refractivity contribution in [3.8, 4) is 5.75 Å². The molecule has 0 atom stereocenters. The first-order valence-electron chi connectivity index (χ1n) is 12.1. The number of carbonyl (C=O) groups excluding carboxylic acids is 1. The molecule has 1 aliphatic rings. The minimum absolute atomic E-state index is 0.0696. The average Bonchev–Trinajstić information content (AvgIpc) is 2.95. The number of amides is 1. The molecule has 0 spiro atoms. The van der Waals surface area contributed by atoms with Gasteiger partial charge in [-0.2, -0.15) is 4.31 Å². The Morgan fingerprint density at radius 3 is 2.28 bits per heavy atom. The Labute approximate surface area is 236 Å². The molecule has 0 saturated carbocycles. The summed E-state index contributed by atoms with van der Waals surface area (Å²) in [4.78, 5) is 13.0. The lowest BCUT2D eigenvalue weighted by atomic mass is 10.3. The van der Waals surface area contributed by atoms with E-state index in [4.69, 9.17) is 9.47 Å². The number of halogens is 1. The van der Waals surface area contributed by atoms with Crippen LogP contribution in [0.1, 0.15) is 0 Å². The summed E-state index contributed by atoms with van der Waals surface area (Å²) < 4.78 is 66.1. The Morgan fingerprint density at radius 1 is 0.923 bits per heavy atom. The Hall–Kier alpha value is -2.97. The van der Waals surface area contributed by atoms with Crippen molar-refractivity contribution >= 4 is 47.6 Å². The van der Waals surface area contributed by atoms with E-state index in [1.54, 1.807) is 54.6 Å². The fourth-order valence-corrected chi connectivity index (χ4v) is 7.08. The van der Waals surface area contributed by atoms with E-state index in [0.717, 1.165) is 4.31 Å². The highest BCUT2D eigenvalue weighted by molar-refractivity contribution is 9.10. The van der Waals surface area contributed by atoms with E-state index in [1.165, 1.54) is 28.6 Å². The first-order chi connectivity index (χ1) is 18.7. The summed E-state index contributed by atoms with van der Waals surface area (Å²) in [6.07, 6.45) is 0. The molecule has 1 aliphatic heterocycles. The first kappa shape index (κ1) is 29.0. The second kappa shape index (κ2) is 12.9. The van der Waals surface area contributed by atoms with E-state index in [-0.39, 0.29) is 22.9 Å². The van der Waals surface area contributed by atoms with Crippen molar-refractivity contribution < 1.29 is 31.1 Å². The zero-order chi connectivity index (χ0) is 27.9. The Balaban J connectivity index is 1.34. The summed E-state index contributed by atoms with van der Waals surface area (Å²) in [5.74, 6) is -0.0716. The smallest absolute Gasteiger partial charge is 0.264 e. The summed E-state index contributed by atoms with van der Waals surface area (Å²) in [7, 11) is -7.60. The predicted octanol–water partition coefficient (Wildman–Crippen LogP) is 2.86. The van der Waals surface area contributed by atoms with E-state index >= 15 is 0 Å². The third-order valence-corrected chi connectivity index (χ3v) is 10.0. The van der Waals surface area contributed by atoms with Crippen LogP contribution >= 0.6 is 15.9 Å². The average molecular weight is 639 g/mol. The predicted molar refractivity (Wildman–Crippen MR) is 150 cm³/mol. The number of benzene rings is 3. The topological polar surface area (TPSA) is 122 Å². The quantitative estimate of drug-likeness (QED) is 0.321. The fourth-order valence-electron chi connectivity index (χ4n) is 3.86. The molecule has 3 aromatic carbocycles. The van der Waals surface area contributed by atoms with Gasteiger partial charge in [0.1, 0.15) is 18.9 Å².